The minimum absolute atomic E-state index is 0.211. The molecule has 0 saturated carbocycles. The van der Waals surface area contributed by atoms with Crippen LogP contribution in [0, 0.1) is 6.92 Å². The lowest BCUT2D eigenvalue weighted by molar-refractivity contribution is 0.102. The van der Waals surface area contributed by atoms with E-state index < -0.39 is 0 Å². The summed E-state index contributed by atoms with van der Waals surface area (Å²) in [6.07, 6.45) is 1.57. The summed E-state index contributed by atoms with van der Waals surface area (Å²) in [5, 5.41) is 3.41. The highest BCUT2D eigenvalue weighted by molar-refractivity contribution is 6.31. The second-order valence-electron chi connectivity index (χ2n) is 4.16. The molecular weight excluding hydrogens is 262 g/mol. The predicted molar refractivity (Wildman–Crippen MR) is 76.3 cm³/mol. The fourth-order valence-corrected chi connectivity index (χ4v) is 1.79. The highest BCUT2D eigenvalue weighted by atomic mass is 35.5. The van der Waals surface area contributed by atoms with E-state index in [1.807, 2.05) is 19.1 Å². The molecule has 1 heterocycles. The normalized spacial score (nSPS) is 10.3. The van der Waals surface area contributed by atoms with Crippen LogP contribution in [0.4, 0.5) is 5.69 Å². The highest BCUT2D eigenvalue weighted by Crippen LogP contribution is 2.20. The van der Waals surface area contributed by atoms with Crippen molar-refractivity contribution in [1.29, 1.82) is 0 Å². The number of aryl methyl sites for hydroxylation is 1. The smallest absolute Gasteiger partial charge is 0.255 e. The van der Waals surface area contributed by atoms with Crippen LogP contribution >= 0.6 is 11.6 Å². The third kappa shape index (κ3) is 3.30. The van der Waals surface area contributed by atoms with Gasteiger partial charge in [-0.15, -0.1) is 0 Å². The first-order valence-corrected chi connectivity index (χ1v) is 6.20. The molecule has 3 N–H and O–H groups in total. The second kappa shape index (κ2) is 5.82. The third-order valence-corrected chi connectivity index (χ3v) is 3.12. The number of carbonyl (C=O) groups is 1. The van der Waals surface area contributed by atoms with Gasteiger partial charge in [-0.05, 0) is 36.8 Å². The summed E-state index contributed by atoms with van der Waals surface area (Å²) >= 11 is 6.01. The Balaban J connectivity index is 2.18. The van der Waals surface area contributed by atoms with Crippen molar-refractivity contribution >= 4 is 23.2 Å². The number of halogens is 1. The van der Waals surface area contributed by atoms with Gasteiger partial charge in [0.1, 0.15) is 0 Å². The first-order chi connectivity index (χ1) is 9.10. The number of benzene rings is 1. The Morgan fingerprint density at radius 2 is 2.16 bits per heavy atom. The van der Waals surface area contributed by atoms with Crippen LogP contribution in [0.25, 0.3) is 0 Å². The quantitative estimate of drug-likeness (QED) is 0.905. The topological polar surface area (TPSA) is 68.0 Å². The lowest BCUT2D eigenvalue weighted by atomic mass is 10.2. The molecule has 1 aromatic carbocycles. The van der Waals surface area contributed by atoms with Crippen molar-refractivity contribution in [2.75, 3.05) is 5.32 Å². The zero-order chi connectivity index (χ0) is 13.8. The van der Waals surface area contributed by atoms with E-state index in [2.05, 4.69) is 10.3 Å². The molecule has 0 bridgehead atoms. The van der Waals surface area contributed by atoms with E-state index in [-0.39, 0.29) is 5.91 Å². The molecule has 0 radical (unpaired) electrons. The minimum Gasteiger partial charge on any atom is -0.325 e. The molecule has 4 nitrogen and oxygen atoms in total. The van der Waals surface area contributed by atoms with Crippen LogP contribution in [0.15, 0.2) is 36.5 Å². The van der Waals surface area contributed by atoms with Crippen LogP contribution in [-0.4, -0.2) is 10.9 Å². The molecule has 2 aromatic rings. The van der Waals surface area contributed by atoms with Crippen molar-refractivity contribution in [3.8, 4) is 0 Å². The number of nitrogens with one attached hydrogen (secondary N) is 1. The Hall–Kier alpha value is -1.91. The number of pyridine rings is 1. The van der Waals surface area contributed by atoms with Gasteiger partial charge in [-0.3, -0.25) is 9.78 Å². The predicted octanol–water partition coefficient (Wildman–Crippen LogP) is 2.75. The standard InChI is InChI=1S/C14H14ClN3O/c1-9-2-3-11(7-13(9)15)18-14(19)10-4-5-17-12(6-10)8-16/h2-7H,8,16H2,1H3,(H,18,19). The molecule has 0 fully saturated rings. The average molecular weight is 276 g/mol. The van der Waals surface area contributed by atoms with Crippen LogP contribution < -0.4 is 11.1 Å². The van der Waals surface area contributed by atoms with Gasteiger partial charge in [-0.1, -0.05) is 17.7 Å². The van der Waals surface area contributed by atoms with E-state index in [1.54, 1.807) is 24.4 Å². The summed E-state index contributed by atoms with van der Waals surface area (Å²) in [6.45, 7) is 2.21. The monoisotopic (exact) mass is 275 g/mol. The SMILES string of the molecule is Cc1ccc(NC(=O)c2ccnc(CN)c2)cc1Cl. The van der Waals surface area contributed by atoms with Crippen molar-refractivity contribution < 1.29 is 4.79 Å². The van der Waals surface area contributed by atoms with Crippen LogP contribution in [0.2, 0.25) is 5.02 Å². The van der Waals surface area contributed by atoms with Gasteiger partial charge in [0.25, 0.3) is 5.91 Å². The van der Waals surface area contributed by atoms with E-state index in [9.17, 15) is 4.79 Å². The van der Waals surface area contributed by atoms with E-state index in [0.717, 1.165) is 5.56 Å². The molecule has 0 aliphatic carbocycles. The minimum atomic E-state index is -0.211. The molecule has 5 heteroatoms. The van der Waals surface area contributed by atoms with Gasteiger partial charge in [0.2, 0.25) is 0 Å². The summed E-state index contributed by atoms with van der Waals surface area (Å²) in [6, 6.07) is 8.70. The number of nitrogens with zero attached hydrogens (tertiary/aromatic N) is 1. The summed E-state index contributed by atoms with van der Waals surface area (Å²) in [5.41, 5.74) is 8.32. The fraction of sp³-hybridized carbons (Fsp3) is 0.143. The number of hydrogen-bond donors (Lipinski definition) is 2. The summed E-state index contributed by atoms with van der Waals surface area (Å²) in [7, 11) is 0. The summed E-state index contributed by atoms with van der Waals surface area (Å²) in [5.74, 6) is -0.211. The lowest BCUT2D eigenvalue weighted by Crippen LogP contribution is -2.13. The number of hydrogen-bond acceptors (Lipinski definition) is 3. The van der Waals surface area contributed by atoms with Crippen molar-refractivity contribution in [3.63, 3.8) is 0 Å². The Bertz CT molecular complexity index is 613. The van der Waals surface area contributed by atoms with Gasteiger partial charge in [0.15, 0.2) is 0 Å². The van der Waals surface area contributed by atoms with E-state index in [4.69, 9.17) is 17.3 Å². The molecule has 0 aliphatic rings. The summed E-state index contributed by atoms with van der Waals surface area (Å²) < 4.78 is 0. The van der Waals surface area contributed by atoms with Crippen LogP contribution in [0.1, 0.15) is 21.6 Å². The maximum Gasteiger partial charge on any atom is 0.255 e. The van der Waals surface area contributed by atoms with Crippen LogP contribution in [0.3, 0.4) is 0 Å². The average Bonchev–Trinajstić information content (AvgIpc) is 2.43. The Kier molecular flexibility index (Phi) is 4.14. The first kappa shape index (κ1) is 13.5. The van der Waals surface area contributed by atoms with Gasteiger partial charge in [-0.25, -0.2) is 0 Å². The molecule has 1 amide bonds. The van der Waals surface area contributed by atoms with Crippen molar-refractivity contribution in [2.24, 2.45) is 5.73 Å². The van der Waals surface area contributed by atoms with Crippen LogP contribution in [0.5, 0.6) is 0 Å². The molecule has 2 rings (SSSR count). The van der Waals surface area contributed by atoms with Crippen molar-refractivity contribution in [2.45, 2.75) is 13.5 Å². The number of carbonyl (C=O) groups excluding carboxylic acids is 1. The van der Waals surface area contributed by atoms with Crippen molar-refractivity contribution in [1.82, 2.24) is 4.98 Å². The molecule has 0 unspecified atom stereocenters. The lowest BCUT2D eigenvalue weighted by Gasteiger charge is -2.07. The maximum atomic E-state index is 12.1. The number of anilines is 1. The van der Waals surface area contributed by atoms with E-state index >= 15 is 0 Å². The highest BCUT2D eigenvalue weighted by Gasteiger charge is 2.07. The first-order valence-electron chi connectivity index (χ1n) is 5.82. The Labute approximate surface area is 116 Å². The molecule has 1 aromatic heterocycles. The summed E-state index contributed by atoms with van der Waals surface area (Å²) in [4.78, 5) is 16.1. The number of amides is 1. The number of rotatable bonds is 3. The zero-order valence-corrected chi connectivity index (χ0v) is 11.2. The molecule has 0 spiro atoms. The number of nitrogens with two attached hydrogens (primary N) is 1. The van der Waals surface area contributed by atoms with Gasteiger partial charge >= 0.3 is 0 Å². The maximum absolute atomic E-state index is 12.1. The Morgan fingerprint density at radius 1 is 1.37 bits per heavy atom. The van der Waals surface area contributed by atoms with Gasteiger partial charge < -0.3 is 11.1 Å². The fourth-order valence-electron chi connectivity index (χ4n) is 1.60. The van der Waals surface area contributed by atoms with Crippen LogP contribution in [-0.2, 0) is 6.54 Å². The molecular formula is C14H14ClN3O. The van der Waals surface area contributed by atoms with Gasteiger partial charge in [0.05, 0.1) is 5.69 Å². The zero-order valence-electron chi connectivity index (χ0n) is 10.5. The van der Waals surface area contributed by atoms with Crippen molar-refractivity contribution in [3.05, 3.63) is 58.4 Å². The molecule has 0 aliphatic heterocycles. The molecule has 98 valence electrons. The Morgan fingerprint density at radius 3 is 2.84 bits per heavy atom. The van der Waals surface area contributed by atoms with E-state index in [0.29, 0.717) is 28.5 Å². The second-order valence-corrected chi connectivity index (χ2v) is 4.57. The largest absolute Gasteiger partial charge is 0.325 e. The van der Waals surface area contributed by atoms with Gasteiger partial charge in [-0.2, -0.15) is 0 Å². The van der Waals surface area contributed by atoms with Gasteiger partial charge in [0, 0.05) is 29.0 Å². The molecule has 0 atom stereocenters. The number of aromatic nitrogens is 1. The third-order valence-electron chi connectivity index (χ3n) is 2.72. The molecule has 0 saturated heterocycles. The molecule has 19 heavy (non-hydrogen) atoms. The van der Waals surface area contributed by atoms with E-state index in [1.165, 1.54) is 0 Å².